The van der Waals surface area contributed by atoms with Gasteiger partial charge in [0.05, 0.1) is 29.4 Å². The molecule has 3 rings (SSSR count). The van der Waals surface area contributed by atoms with E-state index in [1.807, 2.05) is 0 Å². The van der Waals surface area contributed by atoms with E-state index in [1.54, 1.807) is 30.1 Å². The molecule has 0 spiro atoms. The van der Waals surface area contributed by atoms with Crippen LogP contribution in [-0.4, -0.2) is 71.1 Å². The summed E-state index contributed by atoms with van der Waals surface area (Å²) in [5, 5.41) is 0.484. The maximum absolute atomic E-state index is 12.6. The van der Waals surface area contributed by atoms with Gasteiger partial charge in [-0.2, -0.15) is 0 Å². The Morgan fingerprint density at radius 3 is 3.00 bits per heavy atom. The zero-order valence-electron chi connectivity index (χ0n) is 14.9. The minimum Gasteiger partial charge on any atom is -0.373 e. The molecule has 1 aliphatic heterocycles. The van der Waals surface area contributed by atoms with E-state index < -0.39 is 0 Å². The molecular formula is C18H24N4O3. The normalized spacial score (nSPS) is 17.6. The molecule has 7 nitrogen and oxygen atoms in total. The smallest absolute Gasteiger partial charge is 0.258 e. The summed E-state index contributed by atoms with van der Waals surface area (Å²) in [6.45, 7) is 8.06. The van der Waals surface area contributed by atoms with Gasteiger partial charge in [-0.25, -0.2) is 4.98 Å². The van der Waals surface area contributed by atoms with Crippen molar-refractivity contribution in [2.75, 3.05) is 39.8 Å². The van der Waals surface area contributed by atoms with Crippen molar-refractivity contribution < 1.29 is 9.53 Å². The molecule has 1 N–H and O–H groups in total. The Balaban J connectivity index is 1.65. The fourth-order valence-electron chi connectivity index (χ4n) is 3.12. The van der Waals surface area contributed by atoms with Crippen molar-refractivity contribution in [1.29, 1.82) is 0 Å². The van der Waals surface area contributed by atoms with E-state index in [4.69, 9.17) is 4.74 Å². The van der Waals surface area contributed by atoms with Crippen molar-refractivity contribution in [2.24, 2.45) is 0 Å². The molecule has 0 atom stereocenters. The zero-order chi connectivity index (χ0) is 18.0. The molecule has 2 aromatic rings. The Kier molecular flexibility index (Phi) is 4.87. The Morgan fingerprint density at radius 1 is 1.44 bits per heavy atom. The lowest BCUT2D eigenvalue weighted by Gasteiger charge is -2.38. The highest BCUT2D eigenvalue weighted by molar-refractivity contribution is 5.97. The van der Waals surface area contributed by atoms with Crippen LogP contribution in [0.25, 0.3) is 10.9 Å². The van der Waals surface area contributed by atoms with Gasteiger partial charge in [-0.3, -0.25) is 14.5 Å². The third kappa shape index (κ3) is 4.05. The standard InChI is InChI=1S/C18H24N4O3/c1-18(2)11-22(8-9-25-18)7-6-21(3)17(24)13-4-5-14-15(10-13)19-12-20-16(14)23/h4-5,10,12H,6-9,11H2,1-3H3,(H,19,20,23). The first kappa shape index (κ1) is 17.6. The minimum atomic E-state index is -0.202. The van der Waals surface area contributed by atoms with Gasteiger partial charge in [0.25, 0.3) is 11.5 Å². The van der Waals surface area contributed by atoms with E-state index in [0.717, 1.165) is 26.2 Å². The number of ether oxygens (including phenoxy) is 1. The van der Waals surface area contributed by atoms with Gasteiger partial charge in [0.2, 0.25) is 0 Å². The molecule has 0 aliphatic carbocycles. The molecule has 134 valence electrons. The molecule has 1 amide bonds. The molecule has 1 aromatic carbocycles. The summed E-state index contributed by atoms with van der Waals surface area (Å²) in [4.78, 5) is 35.0. The first-order chi connectivity index (χ1) is 11.9. The maximum Gasteiger partial charge on any atom is 0.258 e. The number of amides is 1. The van der Waals surface area contributed by atoms with E-state index in [1.165, 1.54) is 6.33 Å². The lowest BCUT2D eigenvalue weighted by molar-refractivity contribution is -0.0864. The van der Waals surface area contributed by atoms with Crippen LogP contribution in [0.5, 0.6) is 0 Å². The fourth-order valence-corrected chi connectivity index (χ4v) is 3.12. The fraction of sp³-hybridized carbons (Fsp3) is 0.500. The number of benzene rings is 1. The maximum atomic E-state index is 12.6. The Morgan fingerprint density at radius 2 is 2.24 bits per heavy atom. The van der Waals surface area contributed by atoms with Crippen LogP contribution in [0.15, 0.2) is 29.3 Å². The van der Waals surface area contributed by atoms with Crippen molar-refractivity contribution in [3.63, 3.8) is 0 Å². The number of aromatic amines is 1. The molecule has 25 heavy (non-hydrogen) atoms. The Hall–Kier alpha value is -2.25. The number of hydrogen-bond acceptors (Lipinski definition) is 5. The van der Waals surface area contributed by atoms with Gasteiger partial charge in [0.1, 0.15) is 0 Å². The van der Waals surface area contributed by atoms with Gasteiger partial charge in [0.15, 0.2) is 0 Å². The number of aromatic nitrogens is 2. The van der Waals surface area contributed by atoms with Crippen LogP contribution in [0.2, 0.25) is 0 Å². The van der Waals surface area contributed by atoms with Crippen molar-refractivity contribution in [2.45, 2.75) is 19.4 Å². The van der Waals surface area contributed by atoms with Crippen LogP contribution < -0.4 is 5.56 Å². The number of nitrogens with one attached hydrogen (secondary N) is 1. The molecule has 0 saturated carbocycles. The van der Waals surface area contributed by atoms with Crippen molar-refractivity contribution in [3.05, 3.63) is 40.4 Å². The number of rotatable bonds is 4. The summed E-state index contributed by atoms with van der Waals surface area (Å²) < 4.78 is 5.71. The molecule has 0 radical (unpaired) electrons. The number of hydrogen-bond donors (Lipinski definition) is 1. The Bertz CT molecular complexity index is 830. The molecule has 2 heterocycles. The summed E-state index contributed by atoms with van der Waals surface area (Å²) in [5.74, 6) is -0.0727. The van der Waals surface area contributed by atoms with Gasteiger partial charge < -0.3 is 14.6 Å². The number of carbonyl (C=O) groups excluding carboxylic acids is 1. The number of fused-ring (bicyclic) bond motifs is 1. The highest BCUT2D eigenvalue weighted by atomic mass is 16.5. The predicted molar refractivity (Wildman–Crippen MR) is 95.8 cm³/mol. The number of morpholine rings is 1. The van der Waals surface area contributed by atoms with Crippen molar-refractivity contribution >= 4 is 16.8 Å². The minimum absolute atomic E-state index is 0.0727. The SMILES string of the molecule is CN(CCN1CCOC(C)(C)C1)C(=O)c1ccc2c(=O)[nH]cnc2c1. The molecular weight excluding hydrogens is 320 g/mol. The summed E-state index contributed by atoms with van der Waals surface area (Å²) in [6.07, 6.45) is 1.35. The second kappa shape index (κ2) is 6.93. The largest absolute Gasteiger partial charge is 0.373 e. The van der Waals surface area contributed by atoms with Crippen molar-refractivity contribution in [3.8, 4) is 0 Å². The number of H-pyrrole nitrogens is 1. The van der Waals surface area contributed by atoms with E-state index in [9.17, 15) is 9.59 Å². The molecule has 7 heteroatoms. The molecule has 1 saturated heterocycles. The van der Waals surface area contributed by atoms with Crippen LogP contribution in [0.3, 0.4) is 0 Å². The van der Waals surface area contributed by atoms with E-state index in [0.29, 0.717) is 23.0 Å². The quantitative estimate of drug-likeness (QED) is 0.899. The van der Waals surface area contributed by atoms with Crippen LogP contribution in [-0.2, 0) is 4.74 Å². The van der Waals surface area contributed by atoms with Crippen LogP contribution >= 0.6 is 0 Å². The first-order valence-corrected chi connectivity index (χ1v) is 8.45. The van der Waals surface area contributed by atoms with E-state index in [-0.39, 0.29) is 17.1 Å². The lowest BCUT2D eigenvalue weighted by atomic mass is 10.1. The molecule has 1 fully saturated rings. The molecule has 0 bridgehead atoms. The second-order valence-corrected chi connectivity index (χ2v) is 7.07. The van der Waals surface area contributed by atoms with Gasteiger partial charge in [-0.15, -0.1) is 0 Å². The summed E-state index contributed by atoms with van der Waals surface area (Å²) >= 11 is 0. The molecule has 1 aromatic heterocycles. The number of likely N-dealkylation sites (N-methyl/N-ethyl adjacent to an activating group) is 1. The van der Waals surface area contributed by atoms with Crippen LogP contribution in [0.4, 0.5) is 0 Å². The summed E-state index contributed by atoms with van der Waals surface area (Å²) in [7, 11) is 1.79. The first-order valence-electron chi connectivity index (χ1n) is 8.45. The van der Waals surface area contributed by atoms with Gasteiger partial charge in [0, 0.05) is 38.8 Å². The van der Waals surface area contributed by atoms with Crippen molar-refractivity contribution in [1.82, 2.24) is 19.8 Å². The highest BCUT2D eigenvalue weighted by Crippen LogP contribution is 2.16. The summed E-state index contributed by atoms with van der Waals surface area (Å²) in [5.41, 5.74) is 0.721. The van der Waals surface area contributed by atoms with E-state index >= 15 is 0 Å². The van der Waals surface area contributed by atoms with E-state index in [2.05, 4.69) is 28.7 Å². The predicted octanol–water partition coefficient (Wildman–Crippen LogP) is 1.11. The lowest BCUT2D eigenvalue weighted by Crippen LogP contribution is -2.50. The second-order valence-electron chi connectivity index (χ2n) is 7.07. The average molecular weight is 344 g/mol. The van der Waals surface area contributed by atoms with Gasteiger partial charge >= 0.3 is 0 Å². The third-order valence-electron chi connectivity index (χ3n) is 4.49. The molecule has 0 unspecified atom stereocenters. The third-order valence-corrected chi connectivity index (χ3v) is 4.49. The van der Waals surface area contributed by atoms with Gasteiger partial charge in [-0.05, 0) is 32.0 Å². The van der Waals surface area contributed by atoms with Crippen LogP contribution in [0.1, 0.15) is 24.2 Å². The van der Waals surface area contributed by atoms with Gasteiger partial charge in [-0.1, -0.05) is 0 Å². The summed E-state index contributed by atoms with van der Waals surface area (Å²) in [6, 6.07) is 4.99. The molecule has 1 aliphatic rings. The Labute approximate surface area is 146 Å². The number of carbonyl (C=O) groups is 1. The zero-order valence-corrected chi connectivity index (χ0v) is 14.9. The highest BCUT2D eigenvalue weighted by Gasteiger charge is 2.27. The average Bonchev–Trinajstić information content (AvgIpc) is 2.58. The monoisotopic (exact) mass is 344 g/mol. The topological polar surface area (TPSA) is 78.5 Å². The number of nitrogens with zero attached hydrogens (tertiary/aromatic N) is 3. The van der Waals surface area contributed by atoms with Crippen LogP contribution in [0, 0.1) is 0 Å².